The summed E-state index contributed by atoms with van der Waals surface area (Å²) < 4.78 is 13.0. The Balaban J connectivity index is 1.64. The van der Waals surface area contributed by atoms with Crippen molar-refractivity contribution in [3.05, 3.63) is 46.6 Å². The summed E-state index contributed by atoms with van der Waals surface area (Å²) in [6.07, 6.45) is 0. The minimum absolute atomic E-state index is 0.151. The van der Waals surface area contributed by atoms with Gasteiger partial charge in [0.2, 0.25) is 11.1 Å². The van der Waals surface area contributed by atoms with Crippen molar-refractivity contribution >= 4 is 46.3 Å². The highest BCUT2D eigenvalue weighted by molar-refractivity contribution is 8.00. The summed E-state index contributed by atoms with van der Waals surface area (Å²) in [6.45, 7) is 1.73. The summed E-state index contributed by atoms with van der Waals surface area (Å²) >= 11 is 8.68. The van der Waals surface area contributed by atoms with Gasteiger partial charge in [0.1, 0.15) is 5.82 Å². The molecule has 0 saturated carbocycles. The van der Waals surface area contributed by atoms with Crippen LogP contribution >= 0.6 is 34.7 Å². The van der Waals surface area contributed by atoms with Crippen molar-refractivity contribution in [1.82, 2.24) is 15.2 Å². The van der Waals surface area contributed by atoms with E-state index in [2.05, 4.69) is 20.5 Å². The number of thioether (sulfide) groups is 1. The fraction of sp³-hybridized carbons (Fsp3) is 0.133. The van der Waals surface area contributed by atoms with Crippen LogP contribution in [0.2, 0.25) is 5.02 Å². The van der Waals surface area contributed by atoms with Crippen LogP contribution < -0.4 is 5.32 Å². The number of amides is 1. The second-order valence-corrected chi connectivity index (χ2v) is 7.48. The molecular formula is C15H12ClFN4OS2. The molecule has 0 unspecified atom stereocenters. The number of H-pyrrole nitrogens is 1. The summed E-state index contributed by atoms with van der Waals surface area (Å²) in [5.74, 6) is -0.0556. The molecule has 0 aliphatic heterocycles. The first-order valence-corrected chi connectivity index (χ1v) is 9.05. The maximum absolute atomic E-state index is 13.0. The molecule has 0 spiro atoms. The lowest BCUT2D eigenvalue weighted by Crippen LogP contribution is -2.22. The first kappa shape index (κ1) is 16.9. The van der Waals surface area contributed by atoms with Gasteiger partial charge >= 0.3 is 0 Å². The maximum atomic E-state index is 13.0. The molecule has 24 heavy (non-hydrogen) atoms. The second-order valence-electron chi connectivity index (χ2n) is 4.82. The number of aromatic amines is 1. The molecule has 5 nitrogen and oxygen atoms in total. The van der Waals surface area contributed by atoms with Gasteiger partial charge in [-0.05, 0) is 36.6 Å². The fourth-order valence-corrected chi connectivity index (χ4v) is 3.46. The summed E-state index contributed by atoms with van der Waals surface area (Å²) in [5.41, 5.74) is 0.366. The van der Waals surface area contributed by atoms with Crippen LogP contribution in [-0.2, 0) is 4.79 Å². The highest BCUT2D eigenvalue weighted by atomic mass is 35.5. The fourth-order valence-electron chi connectivity index (χ4n) is 1.86. The van der Waals surface area contributed by atoms with E-state index in [1.807, 2.05) is 17.5 Å². The Hall–Kier alpha value is -1.90. The van der Waals surface area contributed by atoms with Crippen molar-refractivity contribution in [3.63, 3.8) is 0 Å². The standard InChI is InChI=1S/C15H12ClFN4OS2/c1-8(14(22)18-11-5-4-9(17)7-10(11)16)24-15-19-13(20-21-15)12-3-2-6-23-12/h2-8H,1H3,(H,18,22)(H,19,20,21)/t8-/m0/s1. The first-order chi connectivity index (χ1) is 11.5. The molecule has 0 aliphatic rings. The summed E-state index contributed by atoms with van der Waals surface area (Å²) in [4.78, 5) is 17.6. The number of nitrogens with zero attached hydrogens (tertiary/aromatic N) is 2. The van der Waals surface area contributed by atoms with E-state index in [1.54, 1.807) is 18.3 Å². The van der Waals surface area contributed by atoms with E-state index >= 15 is 0 Å². The van der Waals surface area contributed by atoms with Crippen molar-refractivity contribution in [1.29, 1.82) is 0 Å². The van der Waals surface area contributed by atoms with Crippen molar-refractivity contribution in [2.45, 2.75) is 17.3 Å². The molecule has 1 atom stereocenters. The Kier molecular flexibility index (Phi) is 5.17. The number of hydrogen-bond donors (Lipinski definition) is 2. The molecule has 2 aromatic heterocycles. The number of benzene rings is 1. The minimum Gasteiger partial charge on any atom is -0.324 e. The van der Waals surface area contributed by atoms with Gasteiger partial charge in [0, 0.05) is 0 Å². The average Bonchev–Trinajstić information content (AvgIpc) is 3.20. The van der Waals surface area contributed by atoms with E-state index in [-0.39, 0.29) is 10.9 Å². The van der Waals surface area contributed by atoms with Crippen LogP contribution in [0.25, 0.3) is 10.7 Å². The SMILES string of the molecule is C[C@H](Sc1n[nH]c(-c2cccs2)n1)C(=O)Nc1ccc(F)cc1Cl. The Morgan fingerprint density at radius 2 is 2.29 bits per heavy atom. The van der Waals surface area contributed by atoms with Crippen LogP contribution in [0.5, 0.6) is 0 Å². The molecule has 0 aliphatic carbocycles. The molecular weight excluding hydrogens is 371 g/mol. The molecule has 124 valence electrons. The van der Waals surface area contributed by atoms with Gasteiger partial charge < -0.3 is 5.32 Å². The summed E-state index contributed by atoms with van der Waals surface area (Å²) in [6, 6.07) is 7.68. The Morgan fingerprint density at radius 3 is 3.00 bits per heavy atom. The predicted octanol–water partition coefficient (Wildman–Crippen LogP) is 4.45. The quantitative estimate of drug-likeness (QED) is 0.640. The molecule has 0 fully saturated rings. The molecule has 3 rings (SSSR count). The molecule has 2 N–H and O–H groups in total. The number of halogens is 2. The highest BCUT2D eigenvalue weighted by Crippen LogP contribution is 2.27. The van der Waals surface area contributed by atoms with Gasteiger partial charge in [0.15, 0.2) is 5.82 Å². The van der Waals surface area contributed by atoms with Crippen molar-refractivity contribution < 1.29 is 9.18 Å². The van der Waals surface area contributed by atoms with Crippen molar-refractivity contribution in [3.8, 4) is 10.7 Å². The van der Waals surface area contributed by atoms with E-state index < -0.39 is 11.1 Å². The van der Waals surface area contributed by atoms with Gasteiger partial charge in [-0.15, -0.1) is 16.4 Å². The molecule has 0 radical (unpaired) electrons. The number of aromatic nitrogens is 3. The van der Waals surface area contributed by atoms with Crippen LogP contribution in [0.15, 0.2) is 40.9 Å². The molecule has 1 aromatic carbocycles. The number of carbonyl (C=O) groups is 1. The Morgan fingerprint density at radius 1 is 1.46 bits per heavy atom. The van der Waals surface area contributed by atoms with E-state index in [9.17, 15) is 9.18 Å². The second kappa shape index (κ2) is 7.33. The molecule has 2 heterocycles. The van der Waals surface area contributed by atoms with Gasteiger partial charge in [-0.3, -0.25) is 9.89 Å². The third-order valence-electron chi connectivity index (χ3n) is 3.06. The van der Waals surface area contributed by atoms with Crippen LogP contribution in [-0.4, -0.2) is 26.3 Å². The third kappa shape index (κ3) is 3.95. The minimum atomic E-state index is -0.456. The third-order valence-corrected chi connectivity index (χ3v) is 5.21. The van der Waals surface area contributed by atoms with Crippen LogP contribution in [0.1, 0.15) is 6.92 Å². The number of anilines is 1. The zero-order valence-electron chi connectivity index (χ0n) is 12.4. The molecule has 3 aromatic rings. The summed E-state index contributed by atoms with van der Waals surface area (Å²) in [5, 5.41) is 11.8. The lowest BCUT2D eigenvalue weighted by atomic mass is 10.3. The van der Waals surface area contributed by atoms with Gasteiger partial charge in [0.25, 0.3) is 0 Å². The maximum Gasteiger partial charge on any atom is 0.237 e. The van der Waals surface area contributed by atoms with Gasteiger partial charge in [-0.1, -0.05) is 29.4 Å². The average molecular weight is 383 g/mol. The van der Waals surface area contributed by atoms with E-state index in [0.717, 1.165) is 10.9 Å². The van der Waals surface area contributed by atoms with Crippen LogP contribution in [0, 0.1) is 5.82 Å². The number of rotatable bonds is 5. The van der Waals surface area contributed by atoms with Crippen molar-refractivity contribution in [2.24, 2.45) is 0 Å². The van der Waals surface area contributed by atoms with Crippen molar-refractivity contribution in [2.75, 3.05) is 5.32 Å². The first-order valence-electron chi connectivity index (χ1n) is 6.92. The molecule has 9 heteroatoms. The smallest absolute Gasteiger partial charge is 0.237 e. The zero-order chi connectivity index (χ0) is 17.1. The van der Waals surface area contributed by atoms with E-state index in [1.165, 1.54) is 23.9 Å². The van der Waals surface area contributed by atoms with Gasteiger partial charge in [0.05, 0.1) is 20.8 Å². The van der Waals surface area contributed by atoms with E-state index in [4.69, 9.17) is 11.6 Å². The van der Waals surface area contributed by atoms with E-state index in [0.29, 0.717) is 16.7 Å². The zero-order valence-corrected chi connectivity index (χ0v) is 14.8. The lowest BCUT2D eigenvalue weighted by Gasteiger charge is -2.11. The largest absolute Gasteiger partial charge is 0.324 e. The normalized spacial score (nSPS) is 12.1. The summed E-state index contributed by atoms with van der Waals surface area (Å²) in [7, 11) is 0. The molecule has 1 amide bonds. The highest BCUT2D eigenvalue weighted by Gasteiger charge is 2.18. The topological polar surface area (TPSA) is 70.7 Å². The number of hydrogen-bond acceptors (Lipinski definition) is 5. The predicted molar refractivity (Wildman–Crippen MR) is 95.1 cm³/mol. The van der Waals surface area contributed by atoms with Crippen LogP contribution in [0.4, 0.5) is 10.1 Å². The Bertz CT molecular complexity index is 853. The molecule has 0 bridgehead atoms. The number of thiophene rings is 1. The van der Waals surface area contributed by atoms with Crippen LogP contribution in [0.3, 0.4) is 0 Å². The molecule has 0 saturated heterocycles. The van der Waals surface area contributed by atoms with Gasteiger partial charge in [-0.2, -0.15) is 0 Å². The lowest BCUT2D eigenvalue weighted by molar-refractivity contribution is -0.115. The monoisotopic (exact) mass is 382 g/mol. The van der Waals surface area contributed by atoms with Gasteiger partial charge in [-0.25, -0.2) is 9.37 Å². The number of nitrogens with one attached hydrogen (secondary N) is 2. The Labute approximate surface area is 150 Å². The number of carbonyl (C=O) groups excluding carboxylic acids is 1.